The van der Waals surface area contributed by atoms with Gasteiger partial charge in [-0.25, -0.2) is 9.19 Å². The summed E-state index contributed by atoms with van der Waals surface area (Å²) in [5.41, 5.74) is 4.09. The van der Waals surface area contributed by atoms with E-state index in [2.05, 4.69) is 9.71 Å². The van der Waals surface area contributed by atoms with Crippen LogP contribution in [0.3, 0.4) is 0 Å². The van der Waals surface area contributed by atoms with Crippen LogP contribution in [0.2, 0.25) is 0 Å². The second-order valence-electron chi connectivity index (χ2n) is 9.64. The zero-order valence-electron chi connectivity index (χ0n) is 20.6. The van der Waals surface area contributed by atoms with Crippen LogP contribution >= 0.6 is 0 Å². The molecule has 190 valence electrons. The number of fused-ring (bicyclic) bond motifs is 1. The second kappa shape index (κ2) is 9.54. The Balaban J connectivity index is 1.24. The van der Waals surface area contributed by atoms with Gasteiger partial charge in [-0.15, -0.1) is 0 Å². The Bertz CT molecular complexity index is 1620. The molecular weight excluding hydrogens is 500 g/mol. The summed E-state index contributed by atoms with van der Waals surface area (Å²) in [5, 5.41) is 0. The Labute approximate surface area is 222 Å². The summed E-state index contributed by atoms with van der Waals surface area (Å²) in [5.74, 6) is 0.374. The SMILES string of the molecule is CC1(S(=O)NC(=O)c2ccccc2-c2ccc3c(c2)OC/C(=C\c2coc(-c4ccccc4)n2)C3=O)CC1. The lowest BCUT2D eigenvalue weighted by Crippen LogP contribution is -2.33. The van der Waals surface area contributed by atoms with Gasteiger partial charge in [0.25, 0.3) is 5.91 Å². The minimum Gasteiger partial charge on any atom is -0.488 e. The maximum atomic E-state index is 13.2. The molecule has 1 aromatic heterocycles. The smallest absolute Gasteiger partial charge is 0.263 e. The molecule has 38 heavy (non-hydrogen) atoms. The van der Waals surface area contributed by atoms with E-state index in [1.54, 1.807) is 36.4 Å². The summed E-state index contributed by atoms with van der Waals surface area (Å²) in [4.78, 5) is 30.7. The van der Waals surface area contributed by atoms with E-state index >= 15 is 0 Å². The van der Waals surface area contributed by atoms with Gasteiger partial charge in [0.2, 0.25) is 5.89 Å². The van der Waals surface area contributed by atoms with Gasteiger partial charge in [0.15, 0.2) is 5.78 Å². The highest BCUT2D eigenvalue weighted by atomic mass is 32.2. The quantitative estimate of drug-likeness (QED) is 0.329. The molecule has 8 heteroatoms. The Morgan fingerprint density at radius 1 is 1.00 bits per heavy atom. The Kier molecular flexibility index (Phi) is 6.04. The molecular formula is C30H24N2O5S. The first-order valence-corrected chi connectivity index (χ1v) is 13.4. The van der Waals surface area contributed by atoms with Gasteiger partial charge in [-0.3, -0.25) is 14.3 Å². The molecule has 2 aliphatic rings. The molecule has 2 heterocycles. The van der Waals surface area contributed by atoms with E-state index in [1.807, 2.05) is 49.4 Å². The van der Waals surface area contributed by atoms with Gasteiger partial charge in [0.05, 0.1) is 10.3 Å². The maximum absolute atomic E-state index is 13.2. The number of hydrogen-bond acceptors (Lipinski definition) is 6. The van der Waals surface area contributed by atoms with Crippen LogP contribution < -0.4 is 9.46 Å². The highest BCUT2D eigenvalue weighted by Crippen LogP contribution is 2.40. The van der Waals surface area contributed by atoms with E-state index in [9.17, 15) is 13.8 Å². The summed E-state index contributed by atoms with van der Waals surface area (Å²) in [7, 11) is -1.45. The fourth-order valence-electron chi connectivity index (χ4n) is 4.30. The number of rotatable bonds is 6. The zero-order chi connectivity index (χ0) is 26.3. The van der Waals surface area contributed by atoms with Crippen LogP contribution in [0.1, 0.15) is 46.2 Å². The summed E-state index contributed by atoms with van der Waals surface area (Å²) >= 11 is 0. The van der Waals surface area contributed by atoms with Gasteiger partial charge >= 0.3 is 0 Å². The van der Waals surface area contributed by atoms with Gasteiger partial charge in [0.1, 0.15) is 35.3 Å². The van der Waals surface area contributed by atoms with Crippen molar-refractivity contribution in [3.05, 3.63) is 101 Å². The predicted octanol–water partition coefficient (Wildman–Crippen LogP) is 5.61. The number of nitrogens with zero attached hydrogens (tertiary/aromatic N) is 1. The number of amides is 1. The van der Waals surface area contributed by atoms with Gasteiger partial charge < -0.3 is 9.15 Å². The zero-order valence-corrected chi connectivity index (χ0v) is 21.4. The lowest BCUT2D eigenvalue weighted by atomic mass is 9.94. The molecule has 1 N–H and O–H groups in total. The van der Waals surface area contributed by atoms with Gasteiger partial charge in [-0.05, 0) is 67.3 Å². The van der Waals surface area contributed by atoms with Gasteiger partial charge in [-0.2, -0.15) is 0 Å². The molecule has 1 amide bonds. The van der Waals surface area contributed by atoms with Crippen molar-refractivity contribution >= 4 is 28.8 Å². The number of carbonyl (C=O) groups excluding carboxylic acids is 2. The largest absolute Gasteiger partial charge is 0.488 e. The number of aromatic nitrogens is 1. The number of carbonyl (C=O) groups is 2. The van der Waals surface area contributed by atoms with Crippen LogP contribution in [0.4, 0.5) is 0 Å². The number of ether oxygens (including phenoxy) is 1. The Hall–Kier alpha value is -4.30. The van der Waals surface area contributed by atoms with Crippen LogP contribution in [0, 0.1) is 0 Å². The summed E-state index contributed by atoms with van der Waals surface area (Å²) in [6.07, 6.45) is 4.85. The van der Waals surface area contributed by atoms with Crippen molar-refractivity contribution in [2.45, 2.75) is 24.5 Å². The predicted molar refractivity (Wildman–Crippen MR) is 145 cm³/mol. The molecule has 6 rings (SSSR count). The van der Waals surface area contributed by atoms with Crippen molar-refractivity contribution in [3.63, 3.8) is 0 Å². The minimum absolute atomic E-state index is 0.0858. The van der Waals surface area contributed by atoms with Crippen LogP contribution in [0.25, 0.3) is 28.7 Å². The van der Waals surface area contributed by atoms with Crippen LogP contribution in [-0.2, 0) is 11.0 Å². The lowest BCUT2D eigenvalue weighted by molar-refractivity contribution is 0.0979. The molecule has 1 saturated carbocycles. The second-order valence-corrected chi connectivity index (χ2v) is 11.4. The van der Waals surface area contributed by atoms with Crippen molar-refractivity contribution in [2.24, 2.45) is 0 Å². The molecule has 1 aliphatic carbocycles. The number of nitrogens with one attached hydrogen (secondary N) is 1. The molecule has 1 fully saturated rings. The van der Waals surface area contributed by atoms with E-state index < -0.39 is 16.9 Å². The Morgan fingerprint density at radius 3 is 2.55 bits per heavy atom. The molecule has 1 unspecified atom stereocenters. The number of oxazole rings is 1. The molecule has 0 saturated heterocycles. The normalized spacial score (nSPS) is 17.4. The van der Waals surface area contributed by atoms with Crippen LogP contribution in [0.15, 0.2) is 89.0 Å². The van der Waals surface area contributed by atoms with Crippen LogP contribution in [-0.4, -0.2) is 32.2 Å². The number of hydrogen-bond donors (Lipinski definition) is 1. The fraction of sp³-hybridized carbons (Fsp3) is 0.167. The van der Waals surface area contributed by atoms with E-state index in [1.165, 1.54) is 6.26 Å². The molecule has 0 spiro atoms. The summed E-state index contributed by atoms with van der Waals surface area (Å²) in [6, 6.07) is 21.9. The fourth-order valence-corrected chi connectivity index (χ4v) is 5.30. The first-order chi connectivity index (χ1) is 18.4. The summed E-state index contributed by atoms with van der Waals surface area (Å²) in [6.45, 7) is 1.99. The first-order valence-electron chi connectivity index (χ1n) is 12.3. The number of ketones is 1. The van der Waals surface area contributed by atoms with Crippen molar-refractivity contribution in [3.8, 4) is 28.3 Å². The lowest BCUT2D eigenvalue weighted by Gasteiger charge is -2.20. The highest BCUT2D eigenvalue weighted by molar-refractivity contribution is 7.85. The maximum Gasteiger partial charge on any atom is 0.263 e. The summed E-state index contributed by atoms with van der Waals surface area (Å²) < 4.78 is 26.4. The van der Waals surface area contributed by atoms with Crippen LogP contribution in [0.5, 0.6) is 5.75 Å². The molecule has 3 aromatic carbocycles. The van der Waals surface area contributed by atoms with E-state index in [0.717, 1.165) is 24.0 Å². The minimum atomic E-state index is -1.45. The topological polar surface area (TPSA) is 98.5 Å². The molecule has 0 bridgehead atoms. The number of benzene rings is 3. The van der Waals surface area contributed by atoms with Crippen molar-refractivity contribution in [1.29, 1.82) is 0 Å². The number of Topliss-reactive ketones (excluding diaryl/α,β-unsaturated/α-hetero) is 1. The molecule has 4 aromatic rings. The van der Waals surface area contributed by atoms with Gasteiger partial charge in [0, 0.05) is 16.7 Å². The molecule has 7 nitrogen and oxygen atoms in total. The van der Waals surface area contributed by atoms with E-state index in [4.69, 9.17) is 9.15 Å². The molecule has 1 aliphatic heterocycles. The molecule has 1 atom stereocenters. The van der Waals surface area contributed by atoms with E-state index in [-0.39, 0.29) is 17.1 Å². The third-order valence-electron chi connectivity index (χ3n) is 6.84. The average molecular weight is 525 g/mol. The molecule has 0 radical (unpaired) electrons. The van der Waals surface area contributed by atoms with Crippen molar-refractivity contribution < 1.29 is 23.0 Å². The monoisotopic (exact) mass is 524 g/mol. The Morgan fingerprint density at radius 2 is 1.76 bits per heavy atom. The van der Waals surface area contributed by atoms with Crippen molar-refractivity contribution in [1.82, 2.24) is 9.71 Å². The highest BCUT2D eigenvalue weighted by Gasteiger charge is 2.44. The van der Waals surface area contributed by atoms with Gasteiger partial charge in [-0.1, -0.05) is 42.5 Å². The third-order valence-corrected chi connectivity index (χ3v) is 8.51. The standard InChI is InChI=1S/C30H24N2O5S/c1-30(13-14-30)38(35)32-28(34)24-10-6-5-9-23(24)20-11-12-25-26(16-20)36-17-21(27(25)33)15-22-18-37-29(31-22)19-7-3-2-4-8-19/h2-12,15-16,18H,13-14,17H2,1H3,(H,32,34)/b21-15+. The average Bonchev–Trinajstić information content (AvgIpc) is 3.53. The van der Waals surface area contributed by atoms with Crippen molar-refractivity contribution in [2.75, 3.05) is 6.61 Å². The van der Waals surface area contributed by atoms with E-state index in [0.29, 0.717) is 39.6 Å². The first kappa shape index (κ1) is 24.1. The third kappa shape index (κ3) is 4.59.